The third kappa shape index (κ3) is 6.40. The fraction of sp³-hybridized carbons (Fsp3) is 0.188. The number of nitrogens with zero attached hydrogens (tertiary/aromatic N) is 4. The Balaban J connectivity index is 0.000000152. The van der Waals surface area contributed by atoms with Crippen molar-refractivity contribution in [1.29, 1.82) is 0 Å². The van der Waals surface area contributed by atoms with Crippen LogP contribution in [0.1, 0.15) is 12.8 Å². The molecule has 0 unspecified atom stereocenters. The minimum atomic E-state index is -1.07. The second-order valence-electron chi connectivity index (χ2n) is 11.2. The standard InChI is InChI=1S/2C16H11Cl2FN4O/c2*17-8-2-1-3-9(18)12(8)14-21-11-4-5-20-15(13(11)22-14)23-16(24)7-6-10(7)19/h2*1-5,7,10H,6H2,(H,21,22)(H,20,23,24)/t2*7-,10+/m10/s1. The zero-order valence-electron chi connectivity index (χ0n) is 24.4. The van der Waals surface area contributed by atoms with Gasteiger partial charge in [-0.3, -0.25) is 9.59 Å². The lowest BCUT2D eigenvalue weighted by Crippen LogP contribution is -2.16. The molecule has 16 heteroatoms. The van der Waals surface area contributed by atoms with Gasteiger partial charge in [0.1, 0.15) is 35.0 Å². The van der Waals surface area contributed by atoms with Gasteiger partial charge in [0.15, 0.2) is 11.6 Å². The van der Waals surface area contributed by atoms with Crippen LogP contribution in [0.3, 0.4) is 0 Å². The average molecular weight is 730 g/mol. The molecule has 6 aromatic rings. The number of amides is 2. The smallest absolute Gasteiger partial charge is 0.231 e. The number of nitrogens with one attached hydrogen (secondary N) is 4. The van der Waals surface area contributed by atoms with Crippen LogP contribution in [0.25, 0.3) is 44.8 Å². The van der Waals surface area contributed by atoms with Crippen molar-refractivity contribution >= 4 is 91.9 Å². The van der Waals surface area contributed by atoms with Gasteiger partial charge >= 0.3 is 0 Å². The number of imidazole rings is 2. The van der Waals surface area contributed by atoms with Crippen LogP contribution in [-0.4, -0.2) is 54.1 Å². The predicted octanol–water partition coefficient (Wildman–Crippen LogP) is 8.46. The van der Waals surface area contributed by atoms with E-state index >= 15 is 0 Å². The van der Waals surface area contributed by atoms with E-state index in [0.29, 0.717) is 64.9 Å². The maximum Gasteiger partial charge on any atom is 0.231 e. The maximum atomic E-state index is 13.0. The van der Waals surface area contributed by atoms with Crippen LogP contribution in [0.15, 0.2) is 60.9 Å². The Hall–Kier alpha value is -4.36. The number of hydrogen-bond acceptors (Lipinski definition) is 6. The van der Waals surface area contributed by atoms with Crippen LogP contribution in [0.5, 0.6) is 0 Å². The summed E-state index contributed by atoms with van der Waals surface area (Å²) in [5.74, 6) is -0.468. The van der Waals surface area contributed by atoms with E-state index in [4.69, 9.17) is 46.4 Å². The molecule has 2 aromatic carbocycles. The van der Waals surface area contributed by atoms with Gasteiger partial charge in [-0.05, 0) is 49.2 Å². The minimum absolute atomic E-state index is 0.253. The highest BCUT2D eigenvalue weighted by Crippen LogP contribution is 2.38. The summed E-state index contributed by atoms with van der Waals surface area (Å²) < 4.78 is 26.0. The third-order valence-electron chi connectivity index (χ3n) is 7.78. The Morgan fingerprint density at radius 1 is 0.646 bits per heavy atom. The molecule has 0 bridgehead atoms. The monoisotopic (exact) mass is 728 g/mol. The summed E-state index contributed by atoms with van der Waals surface area (Å²) in [5.41, 5.74) is 3.40. The number of benzene rings is 2. The molecule has 2 aliphatic carbocycles. The van der Waals surface area contributed by atoms with Crippen molar-refractivity contribution in [3.8, 4) is 22.8 Å². The number of hydrogen-bond donors (Lipinski definition) is 4. The molecule has 4 N–H and O–H groups in total. The topological polar surface area (TPSA) is 141 Å². The Labute approximate surface area is 290 Å². The van der Waals surface area contributed by atoms with E-state index in [9.17, 15) is 18.4 Å². The second-order valence-corrected chi connectivity index (χ2v) is 12.8. The lowest BCUT2D eigenvalue weighted by atomic mass is 10.2. The summed E-state index contributed by atoms with van der Waals surface area (Å²) in [4.78, 5) is 47.3. The first-order chi connectivity index (χ1) is 23.1. The number of carbonyl (C=O) groups excluding carboxylic acids is 2. The highest BCUT2D eigenvalue weighted by atomic mass is 35.5. The van der Waals surface area contributed by atoms with Gasteiger partial charge in [0.2, 0.25) is 11.8 Å². The predicted molar refractivity (Wildman–Crippen MR) is 182 cm³/mol. The van der Waals surface area contributed by atoms with Gasteiger partial charge in [-0.15, -0.1) is 0 Å². The minimum Gasteiger partial charge on any atom is -0.338 e. The van der Waals surface area contributed by atoms with Gasteiger partial charge in [0.25, 0.3) is 0 Å². The van der Waals surface area contributed by atoms with Crippen LogP contribution >= 0.6 is 46.4 Å². The summed E-state index contributed by atoms with van der Waals surface area (Å²) >= 11 is 24.8. The van der Waals surface area contributed by atoms with Crippen molar-refractivity contribution in [2.75, 3.05) is 10.6 Å². The molecule has 0 aliphatic heterocycles. The quantitative estimate of drug-likeness (QED) is 0.136. The zero-order valence-corrected chi connectivity index (χ0v) is 27.4. The summed E-state index contributed by atoms with van der Waals surface area (Å²) in [7, 11) is 0. The molecule has 244 valence electrons. The van der Waals surface area contributed by atoms with Crippen molar-refractivity contribution in [3.63, 3.8) is 0 Å². The molecule has 4 heterocycles. The van der Waals surface area contributed by atoms with E-state index in [1.54, 1.807) is 48.5 Å². The molecule has 48 heavy (non-hydrogen) atoms. The number of alkyl halides is 2. The lowest BCUT2D eigenvalue weighted by molar-refractivity contribution is -0.118. The zero-order chi connectivity index (χ0) is 33.7. The molecule has 0 saturated heterocycles. The molecule has 2 aliphatic rings. The van der Waals surface area contributed by atoms with E-state index < -0.39 is 24.2 Å². The molecule has 2 amide bonds. The van der Waals surface area contributed by atoms with Crippen molar-refractivity contribution in [2.24, 2.45) is 11.8 Å². The van der Waals surface area contributed by atoms with E-state index in [2.05, 4.69) is 40.5 Å². The van der Waals surface area contributed by atoms with Crippen molar-refractivity contribution in [2.45, 2.75) is 25.2 Å². The summed E-state index contributed by atoms with van der Waals surface area (Å²) in [6, 6.07) is 13.8. The fourth-order valence-electron chi connectivity index (χ4n) is 5.03. The number of rotatable bonds is 6. The lowest BCUT2D eigenvalue weighted by Gasteiger charge is -2.03. The Bertz CT molecular complexity index is 2030. The normalized spacial score (nSPS) is 19.5. The Kier molecular flexibility index (Phi) is 8.67. The highest BCUT2D eigenvalue weighted by Gasteiger charge is 2.44. The highest BCUT2D eigenvalue weighted by molar-refractivity contribution is 6.39. The fourth-order valence-corrected chi connectivity index (χ4v) is 6.18. The number of pyridine rings is 2. The number of fused-ring (bicyclic) bond motifs is 2. The van der Waals surface area contributed by atoms with Gasteiger partial charge in [-0.2, -0.15) is 0 Å². The number of aromatic amines is 2. The number of carbonyl (C=O) groups is 2. The van der Waals surface area contributed by atoms with Crippen LogP contribution < -0.4 is 10.6 Å². The number of aromatic nitrogens is 6. The summed E-state index contributed by atoms with van der Waals surface area (Å²) in [5, 5.41) is 7.09. The van der Waals surface area contributed by atoms with Gasteiger partial charge in [0, 0.05) is 12.4 Å². The third-order valence-corrected chi connectivity index (χ3v) is 9.04. The second kappa shape index (κ2) is 12.9. The average Bonchev–Trinajstić information content (AvgIpc) is 3.85. The molecule has 2 fully saturated rings. The van der Waals surface area contributed by atoms with E-state index in [1.807, 2.05) is 0 Å². The molecule has 8 rings (SSSR count). The van der Waals surface area contributed by atoms with E-state index in [0.717, 1.165) is 0 Å². The SMILES string of the molecule is O=C(Nc1nccc2[nH]c(-c3c(Cl)cccc3Cl)nc12)[C@@H]1C[C@@H]1F.O=C(Nc1nccc2[nH]c(-c3c(Cl)cccc3Cl)nc12)[C@H]1C[C@H]1F. The van der Waals surface area contributed by atoms with Crippen LogP contribution in [0, 0.1) is 11.8 Å². The molecular weight excluding hydrogens is 708 g/mol. The van der Waals surface area contributed by atoms with Crippen molar-refractivity contribution in [1.82, 2.24) is 29.9 Å². The van der Waals surface area contributed by atoms with Crippen LogP contribution in [-0.2, 0) is 9.59 Å². The first kappa shape index (κ1) is 32.2. The number of anilines is 2. The van der Waals surface area contributed by atoms with Crippen molar-refractivity contribution in [3.05, 3.63) is 81.0 Å². The molecule has 0 spiro atoms. The van der Waals surface area contributed by atoms with Gasteiger partial charge in [-0.25, -0.2) is 28.7 Å². The molecule has 10 nitrogen and oxygen atoms in total. The van der Waals surface area contributed by atoms with Crippen LogP contribution in [0.4, 0.5) is 20.4 Å². The molecular formula is C32H22Cl4F2N8O2. The van der Waals surface area contributed by atoms with Gasteiger partial charge in [0.05, 0.1) is 54.1 Å². The Morgan fingerprint density at radius 2 is 1.00 bits per heavy atom. The van der Waals surface area contributed by atoms with Crippen LogP contribution in [0.2, 0.25) is 20.1 Å². The molecule has 4 atom stereocenters. The molecule has 2 saturated carbocycles. The first-order valence-corrected chi connectivity index (χ1v) is 16.1. The number of H-pyrrole nitrogens is 2. The van der Waals surface area contributed by atoms with E-state index in [1.165, 1.54) is 12.4 Å². The summed E-state index contributed by atoms with van der Waals surface area (Å²) in [6.45, 7) is 0. The molecule has 4 aromatic heterocycles. The molecule has 0 radical (unpaired) electrons. The first-order valence-electron chi connectivity index (χ1n) is 14.6. The largest absolute Gasteiger partial charge is 0.338 e. The Morgan fingerprint density at radius 3 is 1.33 bits per heavy atom. The van der Waals surface area contributed by atoms with Crippen molar-refractivity contribution < 1.29 is 18.4 Å². The number of halogens is 6. The van der Waals surface area contributed by atoms with Gasteiger partial charge in [-0.1, -0.05) is 58.5 Å². The van der Waals surface area contributed by atoms with Gasteiger partial charge < -0.3 is 20.6 Å². The maximum absolute atomic E-state index is 13.0. The van der Waals surface area contributed by atoms with E-state index in [-0.39, 0.29) is 36.3 Å². The summed E-state index contributed by atoms with van der Waals surface area (Å²) in [6.07, 6.45) is 1.44.